The molecule has 0 spiro atoms. The Labute approximate surface area is 187 Å². The number of benzene rings is 1. The average molecular weight is 465 g/mol. The van der Waals surface area contributed by atoms with Crippen molar-refractivity contribution in [1.82, 2.24) is 19.9 Å². The summed E-state index contributed by atoms with van der Waals surface area (Å²) in [6.45, 7) is 3.09. The lowest BCUT2D eigenvalue weighted by Crippen LogP contribution is -2.41. The molecule has 2 heterocycles. The van der Waals surface area contributed by atoms with Gasteiger partial charge in [0, 0.05) is 30.2 Å². The molecule has 0 aliphatic rings. The number of carbonyl (C=O) groups excluding carboxylic acids is 1. The van der Waals surface area contributed by atoms with Crippen molar-refractivity contribution >= 4 is 54.5 Å². The first-order valence-electron chi connectivity index (χ1n) is 8.09. The largest absolute Gasteiger partial charge is 0.348 e. The number of hydrogen-bond donors (Lipinski definition) is 2. The topological polar surface area (TPSA) is 85.8 Å². The highest BCUT2D eigenvalue weighted by Gasteiger charge is 2.15. The number of carbonyl (C=O) groups is 1. The highest BCUT2D eigenvalue weighted by molar-refractivity contribution is 7.09. The summed E-state index contributed by atoms with van der Waals surface area (Å²) in [5, 5.41) is 5.67. The molecule has 1 amide bonds. The molecule has 0 fully saturated rings. The summed E-state index contributed by atoms with van der Waals surface area (Å²) < 4.78 is 1.99. The first-order chi connectivity index (χ1) is 12.1. The van der Waals surface area contributed by atoms with Crippen LogP contribution < -0.4 is 11.1 Å². The fourth-order valence-corrected chi connectivity index (χ4v) is 3.20. The van der Waals surface area contributed by atoms with Crippen molar-refractivity contribution in [2.45, 2.75) is 32.5 Å². The van der Waals surface area contributed by atoms with Crippen LogP contribution in [0.1, 0.15) is 22.0 Å². The van der Waals surface area contributed by atoms with Crippen LogP contribution in [0.3, 0.4) is 0 Å². The van der Waals surface area contributed by atoms with Crippen LogP contribution in [0, 0.1) is 6.92 Å². The van der Waals surface area contributed by atoms with E-state index < -0.39 is 6.04 Å². The molecule has 0 unspecified atom stereocenters. The van der Waals surface area contributed by atoms with Crippen LogP contribution >= 0.6 is 48.6 Å². The Hall–Kier alpha value is -1.64. The molecular formula is C18H24Cl3N5OS. The molecule has 1 atom stereocenters. The minimum Gasteiger partial charge on any atom is -0.348 e. The second-order valence-electron chi connectivity index (χ2n) is 5.93. The summed E-state index contributed by atoms with van der Waals surface area (Å²) in [6.07, 6.45) is 4.11. The molecule has 0 bridgehead atoms. The van der Waals surface area contributed by atoms with Crippen LogP contribution in [0.15, 0.2) is 48.2 Å². The third-order valence-corrected chi connectivity index (χ3v) is 4.71. The van der Waals surface area contributed by atoms with Gasteiger partial charge in [-0.2, -0.15) is 0 Å². The van der Waals surface area contributed by atoms with Crippen LogP contribution in [0.5, 0.6) is 0 Å². The molecule has 1 aromatic carbocycles. The minimum absolute atomic E-state index is 0. The van der Waals surface area contributed by atoms with Gasteiger partial charge in [-0.15, -0.1) is 48.6 Å². The van der Waals surface area contributed by atoms with E-state index in [9.17, 15) is 4.79 Å². The molecule has 0 saturated carbocycles. The summed E-state index contributed by atoms with van der Waals surface area (Å²) in [5.41, 5.74) is 8.97. The van der Waals surface area contributed by atoms with Gasteiger partial charge in [-0.1, -0.05) is 30.3 Å². The van der Waals surface area contributed by atoms with Crippen molar-refractivity contribution in [3.05, 3.63) is 70.2 Å². The van der Waals surface area contributed by atoms with Gasteiger partial charge in [-0.25, -0.2) is 9.97 Å². The number of aryl methyl sites for hydroxylation is 1. The first kappa shape index (κ1) is 26.4. The molecule has 3 aromatic rings. The van der Waals surface area contributed by atoms with E-state index in [2.05, 4.69) is 27.4 Å². The molecule has 0 aliphatic carbocycles. The van der Waals surface area contributed by atoms with Gasteiger partial charge in [0.05, 0.1) is 24.6 Å². The third kappa shape index (κ3) is 7.77. The zero-order valence-electron chi connectivity index (χ0n) is 15.3. The summed E-state index contributed by atoms with van der Waals surface area (Å²) in [7, 11) is 0. The second-order valence-corrected chi connectivity index (χ2v) is 6.88. The molecule has 0 radical (unpaired) electrons. The van der Waals surface area contributed by atoms with Gasteiger partial charge >= 0.3 is 0 Å². The lowest BCUT2D eigenvalue weighted by Gasteiger charge is -2.10. The Morgan fingerprint density at radius 1 is 1.25 bits per heavy atom. The average Bonchev–Trinajstić information content (AvgIpc) is 3.22. The van der Waals surface area contributed by atoms with Crippen LogP contribution in [0.4, 0.5) is 0 Å². The molecule has 154 valence electrons. The third-order valence-electron chi connectivity index (χ3n) is 3.74. The lowest BCUT2D eigenvalue weighted by molar-refractivity contribution is -0.122. The van der Waals surface area contributed by atoms with E-state index in [1.165, 1.54) is 16.9 Å². The standard InChI is InChI=1S/C18H21N5OS.3ClH/c1-13-11-25-17(22-13)8-20-18(24)16(19)7-15-10-23(12-21-15)9-14-5-3-2-4-6-14;;;/h2-6,10-12,16H,7-9,19H2,1H3,(H,20,24);3*1H/t16-;;;/m0.../s1. The van der Waals surface area contributed by atoms with E-state index in [0.717, 1.165) is 22.9 Å². The first-order valence-corrected chi connectivity index (χ1v) is 8.97. The van der Waals surface area contributed by atoms with Gasteiger partial charge in [0.25, 0.3) is 0 Å². The van der Waals surface area contributed by atoms with Crippen molar-refractivity contribution < 1.29 is 4.79 Å². The fourth-order valence-electron chi connectivity index (χ4n) is 2.49. The van der Waals surface area contributed by atoms with E-state index in [-0.39, 0.29) is 43.1 Å². The number of nitrogens with two attached hydrogens (primary N) is 1. The lowest BCUT2D eigenvalue weighted by atomic mass is 10.1. The van der Waals surface area contributed by atoms with Crippen molar-refractivity contribution in [1.29, 1.82) is 0 Å². The SMILES string of the molecule is Cc1csc(CNC(=O)[C@@H](N)Cc2cn(Cc3ccccc3)cn2)n1.Cl.Cl.Cl. The molecule has 28 heavy (non-hydrogen) atoms. The second kappa shape index (κ2) is 12.7. The predicted molar refractivity (Wildman–Crippen MR) is 120 cm³/mol. The molecule has 3 rings (SSSR count). The molecule has 2 aromatic heterocycles. The number of imidazole rings is 1. The number of amides is 1. The minimum atomic E-state index is -0.624. The monoisotopic (exact) mass is 463 g/mol. The van der Waals surface area contributed by atoms with Crippen molar-refractivity contribution in [3.8, 4) is 0 Å². The van der Waals surface area contributed by atoms with Crippen molar-refractivity contribution in [2.75, 3.05) is 0 Å². The fraction of sp³-hybridized carbons (Fsp3) is 0.278. The molecule has 0 saturated heterocycles. The van der Waals surface area contributed by atoms with Crippen LogP contribution in [-0.2, 0) is 24.3 Å². The van der Waals surface area contributed by atoms with Crippen LogP contribution in [0.25, 0.3) is 0 Å². The van der Waals surface area contributed by atoms with E-state index in [1.807, 2.05) is 41.3 Å². The quantitative estimate of drug-likeness (QED) is 0.562. The Bertz CT molecular complexity index is 841. The Morgan fingerprint density at radius 3 is 2.61 bits per heavy atom. The normalized spacial score (nSPS) is 10.8. The highest BCUT2D eigenvalue weighted by atomic mass is 35.5. The number of rotatable bonds is 7. The zero-order chi connectivity index (χ0) is 17.6. The van der Waals surface area contributed by atoms with Gasteiger partial charge in [-0.3, -0.25) is 4.79 Å². The maximum Gasteiger partial charge on any atom is 0.237 e. The van der Waals surface area contributed by atoms with Crippen molar-refractivity contribution in [3.63, 3.8) is 0 Å². The van der Waals surface area contributed by atoms with Gasteiger partial charge in [0.2, 0.25) is 5.91 Å². The van der Waals surface area contributed by atoms with E-state index in [1.54, 1.807) is 6.33 Å². The van der Waals surface area contributed by atoms with Gasteiger partial charge in [0.15, 0.2) is 0 Å². The number of halogens is 3. The van der Waals surface area contributed by atoms with Crippen molar-refractivity contribution in [2.24, 2.45) is 5.73 Å². The summed E-state index contributed by atoms with van der Waals surface area (Å²) in [6, 6.07) is 9.53. The molecule has 10 heteroatoms. The Balaban J connectivity index is 0.00000243. The Kier molecular flexibility index (Phi) is 12.0. The van der Waals surface area contributed by atoms with Gasteiger partial charge < -0.3 is 15.6 Å². The molecular weight excluding hydrogens is 441 g/mol. The maximum atomic E-state index is 12.1. The molecule has 6 nitrogen and oxygen atoms in total. The predicted octanol–water partition coefficient (Wildman–Crippen LogP) is 3.15. The van der Waals surface area contributed by atoms with E-state index in [0.29, 0.717) is 13.0 Å². The number of nitrogens with zero attached hydrogens (tertiary/aromatic N) is 3. The maximum absolute atomic E-state index is 12.1. The van der Waals surface area contributed by atoms with Crippen LogP contribution in [0.2, 0.25) is 0 Å². The number of thiazole rings is 1. The molecule has 3 N–H and O–H groups in total. The number of nitrogens with one attached hydrogen (secondary N) is 1. The number of aromatic nitrogens is 3. The highest BCUT2D eigenvalue weighted by Crippen LogP contribution is 2.08. The van der Waals surface area contributed by atoms with E-state index in [4.69, 9.17) is 5.73 Å². The van der Waals surface area contributed by atoms with Crippen LogP contribution in [-0.4, -0.2) is 26.5 Å². The zero-order valence-corrected chi connectivity index (χ0v) is 18.5. The number of hydrogen-bond acceptors (Lipinski definition) is 5. The van der Waals surface area contributed by atoms with Gasteiger partial charge in [0.1, 0.15) is 5.01 Å². The summed E-state index contributed by atoms with van der Waals surface area (Å²) in [5.74, 6) is -0.189. The van der Waals surface area contributed by atoms with Gasteiger partial charge in [-0.05, 0) is 12.5 Å². The summed E-state index contributed by atoms with van der Waals surface area (Å²) >= 11 is 1.53. The summed E-state index contributed by atoms with van der Waals surface area (Å²) in [4.78, 5) is 20.8. The molecule has 0 aliphatic heterocycles. The smallest absolute Gasteiger partial charge is 0.237 e. The van der Waals surface area contributed by atoms with E-state index >= 15 is 0 Å². The Morgan fingerprint density at radius 2 is 1.96 bits per heavy atom.